The van der Waals surface area contributed by atoms with Gasteiger partial charge >= 0.3 is 0 Å². The van der Waals surface area contributed by atoms with Crippen molar-refractivity contribution in [3.8, 4) is 6.07 Å². The van der Waals surface area contributed by atoms with Crippen molar-refractivity contribution in [2.45, 2.75) is 13.0 Å². The maximum atomic E-state index is 12.6. The molecule has 4 nitrogen and oxygen atoms in total. The normalized spacial score (nSPS) is 11.0. The molecule has 0 saturated heterocycles. The van der Waals surface area contributed by atoms with E-state index in [2.05, 4.69) is 10.6 Å². The third-order valence-corrected chi connectivity index (χ3v) is 4.71. The predicted octanol–water partition coefficient (Wildman–Crippen LogP) is 5.37. The first-order valence-electron chi connectivity index (χ1n) is 9.12. The quantitative estimate of drug-likeness (QED) is 0.431. The minimum atomic E-state index is -0.495. The average molecular weight is 402 g/mol. The second-order valence-corrected chi connectivity index (χ2v) is 6.94. The highest BCUT2D eigenvalue weighted by Crippen LogP contribution is 2.23. The highest BCUT2D eigenvalue weighted by molar-refractivity contribution is 6.31. The van der Waals surface area contributed by atoms with Crippen molar-refractivity contribution in [3.63, 3.8) is 0 Å². The zero-order valence-corrected chi connectivity index (χ0v) is 16.6. The topological polar surface area (TPSA) is 64.9 Å². The van der Waals surface area contributed by atoms with Gasteiger partial charge in [-0.3, -0.25) is 4.79 Å². The first kappa shape index (κ1) is 20.2. The van der Waals surface area contributed by atoms with Crippen LogP contribution in [0.5, 0.6) is 0 Å². The Morgan fingerprint density at radius 2 is 1.59 bits per heavy atom. The summed E-state index contributed by atoms with van der Waals surface area (Å²) in [6, 6.07) is 26.7. The van der Waals surface area contributed by atoms with Crippen LogP contribution in [0.2, 0.25) is 5.02 Å². The van der Waals surface area contributed by atoms with Crippen LogP contribution in [0.3, 0.4) is 0 Å². The maximum absolute atomic E-state index is 12.6. The lowest BCUT2D eigenvalue weighted by molar-refractivity contribution is -0.112. The molecule has 1 amide bonds. The van der Waals surface area contributed by atoms with Crippen molar-refractivity contribution in [3.05, 3.63) is 112 Å². The zero-order chi connectivity index (χ0) is 20.6. The van der Waals surface area contributed by atoms with Crippen molar-refractivity contribution in [2.24, 2.45) is 0 Å². The summed E-state index contributed by atoms with van der Waals surface area (Å²) in [5.41, 5.74) is 3.46. The van der Waals surface area contributed by atoms with Gasteiger partial charge in [0.2, 0.25) is 0 Å². The third-order valence-electron chi connectivity index (χ3n) is 4.47. The molecule has 0 bridgehead atoms. The number of hydrogen-bond acceptors (Lipinski definition) is 3. The molecule has 3 rings (SSSR count). The molecule has 0 aliphatic rings. The Morgan fingerprint density at radius 3 is 2.14 bits per heavy atom. The first-order valence-corrected chi connectivity index (χ1v) is 9.50. The average Bonchev–Trinajstić information content (AvgIpc) is 2.75. The van der Waals surface area contributed by atoms with Crippen LogP contribution in [0.15, 0.2) is 90.6 Å². The minimum Gasteiger partial charge on any atom is -0.379 e. The van der Waals surface area contributed by atoms with Crippen molar-refractivity contribution in [1.29, 1.82) is 5.26 Å². The van der Waals surface area contributed by atoms with Gasteiger partial charge < -0.3 is 10.6 Å². The van der Waals surface area contributed by atoms with Gasteiger partial charge in [0.15, 0.2) is 0 Å². The molecule has 0 heterocycles. The standard InChI is InChI=1S/C24H20ClN3O/c1-17-12-13-21(25)14-22(17)28-24(29)20(15-26)16-27-23(18-8-4-2-5-9-18)19-10-6-3-7-11-19/h2-14,16,23,27H,1H3,(H,28,29)/b20-16-. The number of benzene rings is 3. The molecule has 3 aromatic carbocycles. The Bertz CT molecular complexity index is 1020. The molecule has 3 aromatic rings. The molecule has 5 heteroatoms. The summed E-state index contributed by atoms with van der Waals surface area (Å²) in [6.45, 7) is 1.86. The number of anilines is 1. The van der Waals surface area contributed by atoms with Crippen LogP contribution in [-0.2, 0) is 4.79 Å². The van der Waals surface area contributed by atoms with Crippen LogP contribution in [0, 0.1) is 18.3 Å². The summed E-state index contributed by atoms with van der Waals surface area (Å²) in [6.07, 6.45) is 1.46. The zero-order valence-electron chi connectivity index (χ0n) is 15.9. The van der Waals surface area contributed by atoms with Gasteiger partial charge in [-0.1, -0.05) is 78.3 Å². The Morgan fingerprint density at radius 1 is 1.00 bits per heavy atom. The number of hydrogen-bond donors (Lipinski definition) is 2. The number of aryl methyl sites for hydroxylation is 1. The smallest absolute Gasteiger partial charge is 0.267 e. The van der Waals surface area contributed by atoms with E-state index < -0.39 is 5.91 Å². The van der Waals surface area contributed by atoms with Crippen LogP contribution in [0.1, 0.15) is 22.7 Å². The Labute approximate surface area is 175 Å². The van der Waals surface area contributed by atoms with E-state index in [0.717, 1.165) is 16.7 Å². The van der Waals surface area contributed by atoms with Gasteiger partial charge in [0, 0.05) is 16.9 Å². The lowest BCUT2D eigenvalue weighted by Gasteiger charge is -2.19. The largest absolute Gasteiger partial charge is 0.379 e. The van der Waals surface area contributed by atoms with Crippen LogP contribution in [0.4, 0.5) is 5.69 Å². The summed E-state index contributed by atoms with van der Waals surface area (Å²) < 4.78 is 0. The molecule has 0 spiro atoms. The van der Waals surface area contributed by atoms with E-state index in [9.17, 15) is 10.1 Å². The van der Waals surface area contributed by atoms with Crippen LogP contribution in [0.25, 0.3) is 0 Å². The number of carbonyl (C=O) groups excluding carboxylic acids is 1. The fourth-order valence-electron chi connectivity index (χ4n) is 2.91. The van der Waals surface area contributed by atoms with Gasteiger partial charge in [-0.05, 0) is 35.7 Å². The summed E-state index contributed by atoms with van der Waals surface area (Å²) >= 11 is 6.01. The van der Waals surface area contributed by atoms with Crippen molar-refractivity contribution in [1.82, 2.24) is 5.32 Å². The Balaban J connectivity index is 1.84. The first-order chi connectivity index (χ1) is 14.1. The fraction of sp³-hybridized carbons (Fsp3) is 0.0833. The second kappa shape index (κ2) is 9.59. The SMILES string of the molecule is Cc1ccc(Cl)cc1NC(=O)/C(C#N)=C\NC(c1ccccc1)c1ccccc1. The van der Waals surface area contributed by atoms with Gasteiger partial charge in [0.05, 0.1) is 6.04 Å². The van der Waals surface area contributed by atoms with Gasteiger partial charge in [0.25, 0.3) is 5.91 Å². The van der Waals surface area contributed by atoms with E-state index in [1.54, 1.807) is 12.1 Å². The molecule has 0 aromatic heterocycles. The number of nitriles is 1. The summed E-state index contributed by atoms with van der Waals surface area (Å²) in [5.74, 6) is -0.495. The number of halogens is 1. The molecule has 0 saturated carbocycles. The molecule has 29 heavy (non-hydrogen) atoms. The van der Waals surface area contributed by atoms with Crippen molar-refractivity contribution in [2.75, 3.05) is 5.32 Å². The molecule has 0 radical (unpaired) electrons. The number of rotatable bonds is 6. The van der Waals surface area contributed by atoms with E-state index in [-0.39, 0.29) is 11.6 Å². The fourth-order valence-corrected chi connectivity index (χ4v) is 3.08. The van der Waals surface area contributed by atoms with Crippen molar-refractivity contribution >= 4 is 23.2 Å². The molecule has 0 unspecified atom stereocenters. The second-order valence-electron chi connectivity index (χ2n) is 6.50. The molecular formula is C24H20ClN3O. The van der Waals surface area contributed by atoms with E-state index >= 15 is 0 Å². The number of nitrogens with zero attached hydrogens (tertiary/aromatic N) is 1. The summed E-state index contributed by atoms with van der Waals surface area (Å²) in [5, 5.41) is 16.0. The molecule has 144 valence electrons. The Kier molecular flexibility index (Phi) is 6.67. The summed E-state index contributed by atoms with van der Waals surface area (Å²) in [7, 11) is 0. The van der Waals surface area contributed by atoms with Gasteiger partial charge in [-0.2, -0.15) is 5.26 Å². The lowest BCUT2D eigenvalue weighted by atomic mass is 9.99. The highest BCUT2D eigenvalue weighted by atomic mass is 35.5. The number of nitrogens with one attached hydrogen (secondary N) is 2. The predicted molar refractivity (Wildman–Crippen MR) is 116 cm³/mol. The summed E-state index contributed by atoms with van der Waals surface area (Å²) in [4.78, 5) is 12.6. The van der Waals surface area contributed by atoms with Crippen LogP contribution < -0.4 is 10.6 Å². The van der Waals surface area contributed by atoms with Gasteiger partial charge in [-0.15, -0.1) is 0 Å². The minimum absolute atomic E-state index is 0.0266. The van der Waals surface area contributed by atoms with Gasteiger partial charge in [-0.25, -0.2) is 0 Å². The van der Waals surface area contributed by atoms with Crippen LogP contribution in [-0.4, -0.2) is 5.91 Å². The molecule has 0 atom stereocenters. The number of amides is 1. The van der Waals surface area contributed by atoms with Crippen LogP contribution >= 0.6 is 11.6 Å². The molecule has 2 N–H and O–H groups in total. The lowest BCUT2D eigenvalue weighted by Crippen LogP contribution is -2.21. The van der Waals surface area contributed by atoms with E-state index in [0.29, 0.717) is 10.7 Å². The number of carbonyl (C=O) groups is 1. The molecule has 0 aliphatic carbocycles. The van der Waals surface area contributed by atoms with Crippen molar-refractivity contribution < 1.29 is 4.79 Å². The van der Waals surface area contributed by atoms with E-state index in [4.69, 9.17) is 11.6 Å². The molecule has 0 fully saturated rings. The van der Waals surface area contributed by atoms with E-state index in [1.165, 1.54) is 6.20 Å². The van der Waals surface area contributed by atoms with Gasteiger partial charge in [0.1, 0.15) is 11.6 Å². The molecule has 0 aliphatic heterocycles. The van der Waals surface area contributed by atoms with E-state index in [1.807, 2.05) is 79.7 Å². The third kappa shape index (κ3) is 5.25. The molecular weight excluding hydrogens is 382 g/mol. The monoisotopic (exact) mass is 401 g/mol. The Hall–Kier alpha value is -3.55. The highest BCUT2D eigenvalue weighted by Gasteiger charge is 2.15. The maximum Gasteiger partial charge on any atom is 0.267 e.